The Morgan fingerprint density at radius 3 is 2.79 bits per heavy atom. The van der Waals surface area contributed by atoms with Gasteiger partial charge in [0.05, 0.1) is 19.2 Å². The van der Waals surface area contributed by atoms with E-state index in [1.165, 1.54) is 0 Å². The van der Waals surface area contributed by atoms with Crippen LogP contribution in [-0.2, 0) is 6.54 Å². The van der Waals surface area contributed by atoms with Crippen molar-refractivity contribution in [1.82, 2.24) is 25.1 Å². The molecule has 4 heterocycles. The standard InChI is InChI=1S/C20H21N5O4/c1-26-16-9-18-17(27-6-7-28-18)8-14(16)12-25-5-2-13(11-25)19-23-24-20(29-19)15-10-21-3-4-22-15/h3-4,8-10,13H,2,5-7,11-12H2,1H3. The maximum atomic E-state index is 5.86. The van der Waals surface area contributed by atoms with E-state index in [-0.39, 0.29) is 5.92 Å². The topological polar surface area (TPSA) is 95.6 Å². The van der Waals surface area contributed by atoms with Gasteiger partial charge < -0.3 is 18.6 Å². The minimum Gasteiger partial charge on any atom is -0.496 e. The highest BCUT2D eigenvalue weighted by Crippen LogP contribution is 2.38. The van der Waals surface area contributed by atoms with Gasteiger partial charge in [0.1, 0.15) is 24.7 Å². The summed E-state index contributed by atoms with van der Waals surface area (Å²) < 4.78 is 22.8. The number of hydrogen-bond donors (Lipinski definition) is 0. The van der Waals surface area contributed by atoms with E-state index in [9.17, 15) is 0 Å². The van der Waals surface area contributed by atoms with Gasteiger partial charge in [0.2, 0.25) is 5.89 Å². The first kappa shape index (κ1) is 17.9. The van der Waals surface area contributed by atoms with E-state index in [0.29, 0.717) is 30.7 Å². The molecule has 0 amide bonds. The fourth-order valence-corrected chi connectivity index (χ4v) is 3.76. The molecule has 9 nitrogen and oxygen atoms in total. The lowest BCUT2D eigenvalue weighted by Crippen LogP contribution is -2.21. The van der Waals surface area contributed by atoms with Crippen LogP contribution >= 0.6 is 0 Å². The SMILES string of the molecule is COc1cc2c(cc1CN1CCC(c3nnc(-c4cnccn4)o3)C1)OCCO2. The van der Waals surface area contributed by atoms with E-state index >= 15 is 0 Å². The van der Waals surface area contributed by atoms with Crippen molar-refractivity contribution >= 4 is 0 Å². The van der Waals surface area contributed by atoms with Crippen LogP contribution in [0.15, 0.2) is 35.1 Å². The number of ether oxygens (including phenoxy) is 3. The van der Waals surface area contributed by atoms with Crippen LogP contribution in [0.5, 0.6) is 17.2 Å². The predicted molar refractivity (Wildman–Crippen MR) is 102 cm³/mol. The molecule has 1 fully saturated rings. The highest BCUT2D eigenvalue weighted by atomic mass is 16.6. The number of likely N-dealkylation sites (tertiary alicyclic amines) is 1. The van der Waals surface area contributed by atoms with Gasteiger partial charge >= 0.3 is 0 Å². The van der Waals surface area contributed by atoms with Crippen molar-refractivity contribution < 1.29 is 18.6 Å². The van der Waals surface area contributed by atoms with Gasteiger partial charge in [0.15, 0.2) is 11.5 Å². The molecule has 2 aliphatic heterocycles. The van der Waals surface area contributed by atoms with Gasteiger partial charge in [-0.2, -0.15) is 0 Å². The van der Waals surface area contributed by atoms with Crippen molar-refractivity contribution in [3.63, 3.8) is 0 Å². The molecule has 1 saturated heterocycles. The Morgan fingerprint density at radius 2 is 2.00 bits per heavy atom. The number of nitrogens with zero attached hydrogens (tertiary/aromatic N) is 5. The molecule has 0 saturated carbocycles. The average molecular weight is 395 g/mol. The quantitative estimate of drug-likeness (QED) is 0.645. The zero-order valence-corrected chi connectivity index (χ0v) is 16.1. The molecular formula is C20H21N5O4. The molecule has 9 heteroatoms. The summed E-state index contributed by atoms with van der Waals surface area (Å²) >= 11 is 0. The second kappa shape index (κ2) is 7.67. The first-order chi connectivity index (χ1) is 14.3. The summed E-state index contributed by atoms with van der Waals surface area (Å²) in [6.45, 7) is 3.65. The molecule has 2 aliphatic rings. The predicted octanol–water partition coefficient (Wildman–Crippen LogP) is 2.30. The highest BCUT2D eigenvalue weighted by molar-refractivity contribution is 5.51. The van der Waals surface area contributed by atoms with Crippen LogP contribution in [0.2, 0.25) is 0 Å². The molecule has 0 spiro atoms. The fraction of sp³-hybridized carbons (Fsp3) is 0.400. The van der Waals surface area contributed by atoms with Crippen molar-refractivity contribution in [2.24, 2.45) is 0 Å². The third-order valence-electron chi connectivity index (χ3n) is 5.18. The molecule has 150 valence electrons. The Hall–Kier alpha value is -3.20. The zero-order valence-electron chi connectivity index (χ0n) is 16.1. The van der Waals surface area contributed by atoms with Crippen molar-refractivity contribution in [1.29, 1.82) is 0 Å². The minimum absolute atomic E-state index is 0.191. The number of fused-ring (bicyclic) bond motifs is 1. The normalized spacial score (nSPS) is 18.7. The maximum absolute atomic E-state index is 5.86. The van der Waals surface area contributed by atoms with Crippen LogP contribution in [0.4, 0.5) is 0 Å². The Kier molecular flexibility index (Phi) is 4.73. The molecule has 1 aromatic carbocycles. The van der Waals surface area contributed by atoms with Gasteiger partial charge in [-0.25, -0.2) is 4.98 Å². The summed E-state index contributed by atoms with van der Waals surface area (Å²) in [6.07, 6.45) is 5.79. The Morgan fingerprint density at radius 1 is 1.14 bits per heavy atom. The highest BCUT2D eigenvalue weighted by Gasteiger charge is 2.29. The second-order valence-electron chi connectivity index (χ2n) is 7.06. The number of rotatable bonds is 5. The third-order valence-corrected chi connectivity index (χ3v) is 5.18. The van der Waals surface area contributed by atoms with Gasteiger partial charge in [-0.05, 0) is 19.0 Å². The van der Waals surface area contributed by atoms with E-state index in [0.717, 1.165) is 48.9 Å². The van der Waals surface area contributed by atoms with E-state index < -0.39 is 0 Å². The van der Waals surface area contributed by atoms with E-state index in [4.69, 9.17) is 18.6 Å². The Balaban J connectivity index is 1.29. The summed E-state index contributed by atoms with van der Waals surface area (Å²) in [6, 6.07) is 3.92. The largest absolute Gasteiger partial charge is 0.496 e. The van der Waals surface area contributed by atoms with Gasteiger partial charge in [0.25, 0.3) is 5.89 Å². The second-order valence-corrected chi connectivity index (χ2v) is 7.06. The minimum atomic E-state index is 0.191. The molecule has 1 atom stereocenters. The molecular weight excluding hydrogens is 374 g/mol. The zero-order chi connectivity index (χ0) is 19.6. The summed E-state index contributed by atoms with van der Waals surface area (Å²) in [4.78, 5) is 10.6. The molecule has 0 bridgehead atoms. The lowest BCUT2D eigenvalue weighted by atomic mass is 10.1. The smallest absolute Gasteiger partial charge is 0.267 e. The van der Waals surface area contributed by atoms with E-state index in [2.05, 4.69) is 25.1 Å². The molecule has 3 aromatic rings. The molecule has 2 aromatic heterocycles. The molecule has 0 aliphatic carbocycles. The van der Waals surface area contributed by atoms with Crippen molar-refractivity contribution in [3.8, 4) is 28.8 Å². The number of aromatic nitrogens is 4. The van der Waals surface area contributed by atoms with Crippen molar-refractivity contribution in [2.45, 2.75) is 18.9 Å². The molecule has 29 heavy (non-hydrogen) atoms. The molecule has 1 unspecified atom stereocenters. The van der Waals surface area contributed by atoms with Gasteiger partial charge in [-0.3, -0.25) is 9.88 Å². The first-order valence-corrected chi connectivity index (χ1v) is 9.59. The van der Waals surface area contributed by atoms with Crippen LogP contribution in [0, 0.1) is 0 Å². The Bertz CT molecular complexity index is 994. The van der Waals surface area contributed by atoms with Gasteiger partial charge in [-0.15, -0.1) is 10.2 Å². The van der Waals surface area contributed by atoms with Crippen LogP contribution in [0.1, 0.15) is 23.8 Å². The number of hydrogen-bond acceptors (Lipinski definition) is 9. The van der Waals surface area contributed by atoms with Crippen LogP contribution in [0.3, 0.4) is 0 Å². The Labute approximate surface area is 167 Å². The fourth-order valence-electron chi connectivity index (χ4n) is 3.76. The molecule has 0 radical (unpaired) electrons. The van der Waals surface area contributed by atoms with Crippen LogP contribution in [0.25, 0.3) is 11.6 Å². The van der Waals surface area contributed by atoms with E-state index in [1.54, 1.807) is 25.7 Å². The van der Waals surface area contributed by atoms with Crippen LogP contribution in [-0.4, -0.2) is 58.5 Å². The molecule has 0 N–H and O–H groups in total. The summed E-state index contributed by atoms with van der Waals surface area (Å²) in [7, 11) is 1.67. The molecule has 5 rings (SSSR count). The monoisotopic (exact) mass is 395 g/mol. The summed E-state index contributed by atoms with van der Waals surface area (Å²) in [5.74, 6) is 3.55. The number of benzene rings is 1. The van der Waals surface area contributed by atoms with Crippen molar-refractivity contribution in [3.05, 3.63) is 42.2 Å². The van der Waals surface area contributed by atoms with Crippen LogP contribution < -0.4 is 14.2 Å². The van der Waals surface area contributed by atoms with Gasteiger partial charge in [-0.1, -0.05) is 0 Å². The summed E-state index contributed by atoms with van der Waals surface area (Å²) in [5, 5.41) is 8.36. The summed E-state index contributed by atoms with van der Waals surface area (Å²) in [5.41, 5.74) is 1.66. The first-order valence-electron chi connectivity index (χ1n) is 9.59. The van der Waals surface area contributed by atoms with Gasteiger partial charge in [0, 0.05) is 37.1 Å². The third kappa shape index (κ3) is 3.61. The number of methoxy groups -OCH3 is 1. The lowest BCUT2D eigenvalue weighted by molar-refractivity contribution is 0.170. The maximum Gasteiger partial charge on any atom is 0.267 e. The van der Waals surface area contributed by atoms with Crippen molar-refractivity contribution in [2.75, 3.05) is 33.4 Å². The lowest BCUT2D eigenvalue weighted by Gasteiger charge is -2.22. The average Bonchev–Trinajstić information content (AvgIpc) is 3.43. The van der Waals surface area contributed by atoms with E-state index in [1.807, 2.05) is 12.1 Å².